The first-order valence-corrected chi connectivity index (χ1v) is 3.56. The first-order chi connectivity index (χ1) is 4.09. The van der Waals surface area contributed by atoms with Gasteiger partial charge in [0.25, 0.3) is 0 Å². The van der Waals surface area contributed by atoms with E-state index in [0.29, 0.717) is 17.1 Å². The zero-order valence-corrected chi connectivity index (χ0v) is 7.61. The summed E-state index contributed by atoms with van der Waals surface area (Å²) in [5.74, 6) is 0. The van der Waals surface area contributed by atoms with Gasteiger partial charge in [-0.25, -0.2) is 0 Å². The van der Waals surface area contributed by atoms with E-state index in [1.807, 2.05) is 22.9 Å². The first kappa shape index (κ1) is 8.74. The molecule has 9 heavy (non-hydrogen) atoms. The van der Waals surface area contributed by atoms with Crippen molar-refractivity contribution in [1.29, 1.82) is 5.41 Å². The summed E-state index contributed by atoms with van der Waals surface area (Å²) in [6.45, 7) is 3.45. The fourth-order valence-electron chi connectivity index (χ4n) is 0.441. The molecular weight excluding hydrogens is 229 g/mol. The highest BCUT2D eigenvalue weighted by molar-refractivity contribution is 14.1. The number of nitrogens with two attached hydrogens (primary N) is 1. The Kier molecular flexibility index (Phi) is 3.60. The molecule has 0 aliphatic carbocycles. The lowest BCUT2D eigenvalue weighted by atomic mass is 10.3. The average molecular weight is 239 g/mol. The lowest BCUT2D eigenvalue weighted by molar-refractivity contribution is 1.18. The van der Waals surface area contributed by atoms with Crippen LogP contribution in [0.1, 0.15) is 13.8 Å². The van der Waals surface area contributed by atoms with Crippen molar-refractivity contribution in [3.8, 4) is 0 Å². The van der Waals surface area contributed by atoms with E-state index in [9.17, 15) is 0 Å². The van der Waals surface area contributed by atoms with Crippen LogP contribution in [0, 0.1) is 5.41 Å². The zero-order valence-electron chi connectivity index (χ0n) is 5.46. The third-order valence-electron chi connectivity index (χ3n) is 0.864. The van der Waals surface area contributed by atoms with Gasteiger partial charge in [-0.05, 0) is 13.8 Å². The van der Waals surface area contributed by atoms with E-state index < -0.39 is 0 Å². The molecule has 0 spiro atoms. The van der Waals surface area contributed by atoms with Gasteiger partial charge in [0, 0.05) is 5.70 Å². The summed E-state index contributed by atoms with van der Waals surface area (Å²) in [4.78, 5) is 0. The van der Waals surface area contributed by atoms with Gasteiger partial charge >= 0.3 is 0 Å². The highest BCUT2D eigenvalue weighted by atomic mass is 127. The lowest BCUT2D eigenvalue weighted by Crippen LogP contribution is -2.13. The fourth-order valence-corrected chi connectivity index (χ4v) is 1.27. The van der Waals surface area contributed by atoms with Crippen LogP contribution in [0.2, 0.25) is 0 Å². The van der Waals surface area contributed by atoms with Gasteiger partial charge in [0.1, 0.15) is 0 Å². The summed E-state index contributed by atoms with van der Waals surface area (Å²) in [5.41, 5.74) is 7.24. The summed E-state index contributed by atoms with van der Waals surface area (Å²) in [6, 6.07) is 0. The second-order valence-corrected chi connectivity index (χ2v) is 2.32. The van der Waals surface area contributed by atoms with Crippen LogP contribution in [0.5, 0.6) is 0 Å². The van der Waals surface area contributed by atoms with E-state index in [2.05, 4.69) is 3.53 Å². The van der Waals surface area contributed by atoms with E-state index >= 15 is 0 Å². The van der Waals surface area contributed by atoms with Crippen LogP contribution in [0.4, 0.5) is 0 Å². The molecule has 0 atom stereocenters. The van der Waals surface area contributed by atoms with Gasteiger partial charge in [-0.2, -0.15) is 0 Å². The van der Waals surface area contributed by atoms with Crippen molar-refractivity contribution in [3.05, 3.63) is 11.4 Å². The van der Waals surface area contributed by atoms with E-state index in [4.69, 9.17) is 11.1 Å². The van der Waals surface area contributed by atoms with Crippen molar-refractivity contribution in [3.63, 3.8) is 0 Å². The maximum Gasteiger partial charge on any atom is 0.0823 e. The number of hydrogen-bond donors (Lipinski definition) is 3. The smallest absolute Gasteiger partial charge is 0.0823 e. The number of rotatable bonds is 2. The molecule has 0 rings (SSSR count). The van der Waals surface area contributed by atoms with Crippen molar-refractivity contribution in [2.75, 3.05) is 0 Å². The van der Waals surface area contributed by atoms with Gasteiger partial charge in [-0.3, -0.25) is 0 Å². The number of hydrogen-bond acceptors (Lipinski definition) is 3. The third kappa shape index (κ3) is 2.69. The Morgan fingerprint density at radius 2 is 2.00 bits per heavy atom. The van der Waals surface area contributed by atoms with Gasteiger partial charge in [0.05, 0.1) is 34.3 Å². The molecule has 0 aromatic carbocycles. The Morgan fingerprint density at radius 1 is 1.56 bits per heavy atom. The van der Waals surface area contributed by atoms with Crippen LogP contribution < -0.4 is 9.26 Å². The van der Waals surface area contributed by atoms with Gasteiger partial charge in [-0.15, -0.1) is 0 Å². The minimum atomic E-state index is 0.462. The molecule has 0 aliphatic rings. The molecule has 0 saturated carbocycles. The average Bonchev–Trinajstić information content (AvgIpc) is 1.64. The molecule has 0 bridgehead atoms. The molecular formula is C5H10IN3. The number of halogens is 1. The molecule has 0 aromatic heterocycles. The van der Waals surface area contributed by atoms with Crippen molar-refractivity contribution in [2.24, 2.45) is 5.73 Å². The standard InChI is InChI=1S/C5H10IN3/c1-3(7)5(9-6)4(2)8/h7,9H,8H2,1-2H3/b5-4+,7-3?. The first-order valence-electron chi connectivity index (χ1n) is 2.48. The van der Waals surface area contributed by atoms with Gasteiger partial charge in [-0.1, -0.05) is 0 Å². The van der Waals surface area contributed by atoms with E-state index in [0.717, 1.165) is 0 Å². The Bertz CT molecular complexity index is 146. The van der Waals surface area contributed by atoms with Crippen molar-refractivity contribution < 1.29 is 0 Å². The largest absolute Gasteiger partial charge is 0.401 e. The molecule has 52 valence electrons. The lowest BCUT2D eigenvalue weighted by Gasteiger charge is -2.03. The van der Waals surface area contributed by atoms with Crippen LogP contribution in [0.25, 0.3) is 0 Å². The molecule has 0 fully saturated rings. The maximum atomic E-state index is 7.18. The Balaban J connectivity index is 4.35. The van der Waals surface area contributed by atoms with E-state index in [-0.39, 0.29) is 0 Å². The minimum Gasteiger partial charge on any atom is -0.401 e. The second kappa shape index (κ2) is 3.71. The Labute approximate surface area is 68.7 Å². The van der Waals surface area contributed by atoms with Gasteiger partial charge in [0.2, 0.25) is 0 Å². The molecule has 0 saturated heterocycles. The summed E-state index contributed by atoms with van der Waals surface area (Å²) < 4.78 is 2.80. The molecule has 4 heteroatoms. The normalized spacial score (nSPS) is 12.3. The van der Waals surface area contributed by atoms with E-state index in [1.54, 1.807) is 13.8 Å². The van der Waals surface area contributed by atoms with Crippen molar-refractivity contribution >= 4 is 28.6 Å². The molecule has 0 heterocycles. The van der Waals surface area contributed by atoms with E-state index in [1.165, 1.54) is 0 Å². The predicted molar refractivity (Wildman–Crippen MR) is 47.4 cm³/mol. The number of allylic oxidation sites excluding steroid dienone is 2. The second-order valence-electron chi connectivity index (χ2n) is 1.78. The van der Waals surface area contributed by atoms with Crippen LogP contribution in [-0.4, -0.2) is 5.71 Å². The number of nitrogens with one attached hydrogen (secondary N) is 2. The SMILES string of the molecule is CC(=N)/C(NI)=C(/C)N. The summed E-state index contributed by atoms with van der Waals surface area (Å²) in [7, 11) is 0. The minimum absolute atomic E-state index is 0.462. The quantitative estimate of drug-likeness (QED) is 0.384. The third-order valence-corrected chi connectivity index (χ3v) is 1.40. The fraction of sp³-hybridized carbons (Fsp3) is 0.400. The van der Waals surface area contributed by atoms with Crippen LogP contribution in [0.3, 0.4) is 0 Å². The molecule has 0 unspecified atom stereocenters. The maximum absolute atomic E-state index is 7.18. The highest BCUT2D eigenvalue weighted by Gasteiger charge is 1.98. The van der Waals surface area contributed by atoms with Crippen LogP contribution in [0.15, 0.2) is 11.4 Å². The predicted octanol–water partition coefficient (Wildman–Crippen LogP) is 1.16. The van der Waals surface area contributed by atoms with Crippen molar-refractivity contribution in [2.45, 2.75) is 13.8 Å². The van der Waals surface area contributed by atoms with Gasteiger partial charge < -0.3 is 14.7 Å². The Hall–Kier alpha value is -0.260. The summed E-state index contributed by atoms with van der Waals surface area (Å²) in [5, 5.41) is 7.18. The molecule has 0 amide bonds. The highest BCUT2D eigenvalue weighted by Crippen LogP contribution is 1.97. The molecule has 0 aromatic rings. The van der Waals surface area contributed by atoms with Crippen molar-refractivity contribution in [1.82, 2.24) is 3.53 Å². The van der Waals surface area contributed by atoms with Crippen LogP contribution in [-0.2, 0) is 0 Å². The molecule has 0 radical (unpaired) electrons. The molecule has 3 nitrogen and oxygen atoms in total. The monoisotopic (exact) mass is 239 g/mol. The van der Waals surface area contributed by atoms with Crippen LogP contribution >= 0.6 is 22.9 Å². The Morgan fingerprint density at radius 3 is 2.00 bits per heavy atom. The zero-order chi connectivity index (χ0) is 7.44. The van der Waals surface area contributed by atoms with Gasteiger partial charge in [0.15, 0.2) is 0 Å². The topological polar surface area (TPSA) is 61.9 Å². The summed E-state index contributed by atoms with van der Waals surface area (Å²) >= 11 is 1.95. The molecule has 0 aliphatic heterocycles. The summed E-state index contributed by atoms with van der Waals surface area (Å²) in [6.07, 6.45) is 0. The molecule has 4 N–H and O–H groups in total.